The molecule has 1 heterocycles. The summed E-state index contributed by atoms with van der Waals surface area (Å²) < 4.78 is 10.7. The van der Waals surface area contributed by atoms with E-state index in [1.807, 2.05) is 61.7 Å². The van der Waals surface area contributed by atoms with Crippen LogP contribution in [-0.2, 0) is 11.2 Å². The van der Waals surface area contributed by atoms with Gasteiger partial charge in [-0.1, -0.05) is 36.4 Å². The topological polar surface area (TPSA) is 38.8 Å². The molecule has 0 saturated carbocycles. The molecular weight excluding hydrogens is 290 g/mol. The standard InChI is InChI=1S/C19H19NO3/c1-20(19(21)10-8-15-5-3-2-4-6-15)12-11-16-7-9-17-18(13-16)23-14-22-17/h2-10,13H,11-12,14H2,1H3. The fourth-order valence-corrected chi connectivity index (χ4v) is 2.36. The fourth-order valence-electron chi connectivity index (χ4n) is 2.36. The number of carbonyl (C=O) groups is 1. The number of hydrogen-bond acceptors (Lipinski definition) is 3. The van der Waals surface area contributed by atoms with Gasteiger partial charge in [0.15, 0.2) is 11.5 Å². The molecule has 4 heteroatoms. The molecule has 0 bridgehead atoms. The van der Waals surface area contributed by atoms with Crippen molar-refractivity contribution < 1.29 is 14.3 Å². The highest BCUT2D eigenvalue weighted by atomic mass is 16.7. The van der Waals surface area contributed by atoms with Crippen LogP contribution in [0.25, 0.3) is 6.08 Å². The van der Waals surface area contributed by atoms with Gasteiger partial charge in [0.1, 0.15) is 0 Å². The van der Waals surface area contributed by atoms with E-state index in [1.165, 1.54) is 0 Å². The molecule has 0 saturated heterocycles. The third-order valence-corrected chi connectivity index (χ3v) is 3.77. The lowest BCUT2D eigenvalue weighted by Gasteiger charge is -2.15. The Hall–Kier alpha value is -2.75. The van der Waals surface area contributed by atoms with Crippen molar-refractivity contribution in [3.05, 3.63) is 65.7 Å². The van der Waals surface area contributed by atoms with Crippen LogP contribution in [0.4, 0.5) is 0 Å². The number of hydrogen-bond donors (Lipinski definition) is 0. The zero-order valence-electron chi connectivity index (χ0n) is 13.1. The summed E-state index contributed by atoms with van der Waals surface area (Å²) >= 11 is 0. The maximum Gasteiger partial charge on any atom is 0.246 e. The van der Waals surface area contributed by atoms with E-state index in [0.29, 0.717) is 6.54 Å². The number of benzene rings is 2. The third kappa shape index (κ3) is 3.92. The van der Waals surface area contributed by atoms with Gasteiger partial charge in [0, 0.05) is 19.7 Å². The first-order valence-corrected chi connectivity index (χ1v) is 7.59. The Morgan fingerprint density at radius 1 is 1.13 bits per heavy atom. The summed E-state index contributed by atoms with van der Waals surface area (Å²) in [6.45, 7) is 0.930. The van der Waals surface area contributed by atoms with Gasteiger partial charge in [0.05, 0.1) is 0 Å². The van der Waals surface area contributed by atoms with Crippen molar-refractivity contribution in [2.24, 2.45) is 0 Å². The molecule has 0 unspecified atom stereocenters. The molecule has 0 fully saturated rings. The molecule has 0 aromatic heterocycles. The highest BCUT2D eigenvalue weighted by Crippen LogP contribution is 2.32. The number of fused-ring (bicyclic) bond motifs is 1. The number of ether oxygens (including phenoxy) is 2. The van der Waals surface area contributed by atoms with E-state index >= 15 is 0 Å². The molecule has 0 radical (unpaired) electrons. The van der Waals surface area contributed by atoms with Crippen molar-refractivity contribution in [1.29, 1.82) is 0 Å². The molecule has 0 aliphatic carbocycles. The van der Waals surface area contributed by atoms with Gasteiger partial charge in [-0.25, -0.2) is 0 Å². The minimum atomic E-state index is -0.00500. The number of amides is 1. The number of carbonyl (C=O) groups excluding carboxylic acids is 1. The van der Waals surface area contributed by atoms with Crippen LogP contribution in [0.15, 0.2) is 54.6 Å². The molecule has 2 aromatic carbocycles. The quantitative estimate of drug-likeness (QED) is 0.797. The van der Waals surface area contributed by atoms with Crippen LogP contribution in [0.1, 0.15) is 11.1 Å². The Balaban J connectivity index is 1.53. The van der Waals surface area contributed by atoms with Crippen LogP contribution in [-0.4, -0.2) is 31.2 Å². The van der Waals surface area contributed by atoms with Gasteiger partial charge >= 0.3 is 0 Å². The zero-order chi connectivity index (χ0) is 16.1. The second kappa shape index (κ2) is 7.01. The second-order valence-corrected chi connectivity index (χ2v) is 5.44. The van der Waals surface area contributed by atoms with Crippen LogP contribution in [0.2, 0.25) is 0 Å². The van der Waals surface area contributed by atoms with Crippen LogP contribution in [0.3, 0.4) is 0 Å². The summed E-state index contributed by atoms with van der Waals surface area (Å²) in [5.74, 6) is 1.55. The average molecular weight is 309 g/mol. The van der Waals surface area contributed by atoms with Crippen LogP contribution >= 0.6 is 0 Å². The summed E-state index contributed by atoms with van der Waals surface area (Å²) in [5, 5.41) is 0. The molecule has 23 heavy (non-hydrogen) atoms. The van der Waals surface area contributed by atoms with E-state index in [9.17, 15) is 4.79 Å². The van der Waals surface area contributed by atoms with E-state index in [-0.39, 0.29) is 12.7 Å². The van der Waals surface area contributed by atoms with Crippen molar-refractivity contribution in [3.63, 3.8) is 0 Å². The number of nitrogens with zero attached hydrogens (tertiary/aromatic N) is 1. The van der Waals surface area contributed by atoms with Crippen LogP contribution < -0.4 is 9.47 Å². The summed E-state index contributed by atoms with van der Waals surface area (Å²) in [5.41, 5.74) is 2.14. The molecule has 4 nitrogen and oxygen atoms in total. The fraction of sp³-hybridized carbons (Fsp3) is 0.211. The largest absolute Gasteiger partial charge is 0.454 e. The van der Waals surface area contributed by atoms with E-state index < -0.39 is 0 Å². The van der Waals surface area contributed by atoms with Crippen molar-refractivity contribution in [3.8, 4) is 11.5 Å². The normalized spacial score (nSPS) is 12.6. The lowest BCUT2D eigenvalue weighted by molar-refractivity contribution is -0.124. The summed E-state index contributed by atoms with van der Waals surface area (Å²) in [6.07, 6.45) is 4.21. The van der Waals surface area contributed by atoms with E-state index in [0.717, 1.165) is 29.0 Å². The Bertz CT molecular complexity index is 710. The third-order valence-electron chi connectivity index (χ3n) is 3.77. The van der Waals surface area contributed by atoms with Gasteiger partial charge in [0.2, 0.25) is 12.7 Å². The van der Waals surface area contributed by atoms with E-state index in [2.05, 4.69) is 0 Å². The molecule has 1 aliphatic heterocycles. The summed E-state index contributed by atoms with van der Waals surface area (Å²) in [4.78, 5) is 13.8. The van der Waals surface area contributed by atoms with Crippen LogP contribution in [0, 0.1) is 0 Å². The summed E-state index contributed by atoms with van der Waals surface area (Å²) in [7, 11) is 1.81. The van der Waals surface area contributed by atoms with Crippen LogP contribution in [0.5, 0.6) is 11.5 Å². The Morgan fingerprint density at radius 2 is 1.91 bits per heavy atom. The molecule has 0 spiro atoms. The minimum absolute atomic E-state index is 0.00500. The van der Waals surface area contributed by atoms with E-state index in [4.69, 9.17) is 9.47 Å². The first-order chi connectivity index (χ1) is 11.2. The van der Waals surface area contributed by atoms with Crippen molar-refractivity contribution in [1.82, 2.24) is 4.90 Å². The molecule has 118 valence electrons. The zero-order valence-corrected chi connectivity index (χ0v) is 13.1. The van der Waals surface area contributed by atoms with Gasteiger partial charge in [-0.05, 0) is 35.8 Å². The van der Waals surface area contributed by atoms with Crippen molar-refractivity contribution in [2.75, 3.05) is 20.4 Å². The van der Waals surface area contributed by atoms with Crippen molar-refractivity contribution >= 4 is 12.0 Å². The highest BCUT2D eigenvalue weighted by molar-refractivity contribution is 5.91. The predicted octanol–water partition coefficient (Wildman–Crippen LogP) is 3.13. The lowest BCUT2D eigenvalue weighted by atomic mass is 10.1. The van der Waals surface area contributed by atoms with Gasteiger partial charge in [-0.2, -0.15) is 0 Å². The maximum atomic E-state index is 12.1. The van der Waals surface area contributed by atoms with Gasteiger partial charge < -0.3 is 14.4 Å². The van der Waals surface area contributed by atoms with Gasteiger partial charge in [0.25, 0.3) is 0 Å². The molecule has 1 amide bonds. The molecule has 2 aromatic rings. The molecule has 0 N–H and O–H groups in total. The van der Waals surface area contributed by atoms with Gasteiger partial charge in [-0.3, -0.25) is 4.79 Å². The monoisotopic (exact) mass is 309 g/mol. The first kappa shape index (κ1) is 15.2. The second-order valence-electron chi connectivity index (χ2n) is 5.44. The minimum Gasteiger partial charge on any atom is -0.454 e. The smallest absolute Gasteiger partial charge is 0.246 e. The van der Waals surface area contributed by atoms with E-state index in [1.54, 1.807) is 11.0 Å². The Morgan fingerprint density at radius 3 is 2.74 bits per heavy atom. The first-order valence-electron chi connectivity index (χ1n) is 7.59. The number of rotatable bonds is 5. The summed E-state index contributed by atoms with van der Waals surface area (Å²) in [6, 6.07) is 15.7. The average Bonchev–Trinajstić information content (AvgIpc) is 3.06. The Labute approximate surface area is 135 Å². The maximum absolute atomic E-state index is 12.1. The molecular formula is C19H19NO3. The van der Waals surface area contributed by atoms with Crippen molar-refractivity contribution in [2.45, 2.75) is 6.42 Å². The molecule has 0 atom stereocenters. The molecule has 3 rings (SSSR count). The predicted molar refractivity (Wildman–Crippen MR) is 89.4 cm³/mol. The SMILES string of the molecule is CN(CCc1ccc2c(c1)OCO2)C(=O)C=Cc1ccccc1. The number of likely N-dealkylation sites (N-methyl/N-ethyl adjacent to an activating group) is 1. The molecule has 1 aliphatic rings. The lowest BCUT2D eigenvalue weighted by Crippen LogP contribution is -2.27. The van der Waals surface area contributed by atoms with Gasteiger partial charge in [-0.15, -0.1) is 0 Å². The highest BCUT2D eigenvalue weighted by Gasteiger charge is 2.13. The Kier molecular flexibility index (Phi) is 4.62.